The van der Waals surface area contributed by atoms with E-state index in [4.69, 9.17) is 10.5 Å². The van der Waals surface area contributed by atoms with E-state index in [1.165, 1.54) is 0 Å². The summed E-state index contributed by atoms with van der Waals surface area (Å²) in [4.78, 5) is 16.4. The summed E-state index contributed by atoms with van der Waals surface area (Å²) in [5, 5.41) is 2.85. The smallest absolute Gasteiger partial charge is 0.238 e. The van der Waals surface area contributed by atoms with Crippen LogP contribution in [0.15, 0.2) is 18.2 Å². The second kappa shape index (κ2) is 6.58. The molecule has 0 saturated carbocycles. The third-order valence-electron chi connectivity index (χ3n) is 3.50. The third-order valence-corrected chi connectivity index (χ3v) is 3.50. The van der Waals surface area contributed by atoms with Gasteiger partial charge in [-0.05, 0) is 19.2 Å². The molecule has 0 unspecified atom stereocenters. The number of methoxy groups -OCH3 is 1. The zero-order chi connectivity index (χ0) is 14.5. The molecule has 0 bridgehead atoms. The first-order chi connectivity index (χ1) is 9.58. The molecule has 1 aliphatic rings. The summed E-state index contributed by atoms with van der Waals surface area (Å²) in [7, 11) is 3.68. The molecule has 1 aromatic carbocycles. The molecule has 1 heterocycles. The number of piperazine rings is 1. The van der Waals surface area contributed by atoms with Gasteiger partial charge in [0, 0.05) is 32.2 Å². The Morgan fingerprint density at radius 1 is 1.35 bits per heavy atom. The highest BCUT2D eigenvalue weighted by atomic mass is 16.5. The van der Waals surface area contributed by atoms with Gasteiger partial charge in [0.2, 0.25) is 5.91 Å². The molecule has 2 rings (SSSR count). The van der Waals surface area contributed by atoms with E-state index in [0.29, 0.717) is 23.7 Å². The number of hydrogen-bond acceptors (Lipinski definition) is 5. The van der Waals surface area contributed by atoms with E-state index in [1.54, 1.807) is 25.3 Å². The number of carbonyl (C=O) groups excluding carboxylic acids is 1. The Balaban J connectivity index is 1.88. The molecule has 0 aromatic heterocycles. The lowest BCUT2D eigenvalue weighted by molar-refractivity contribution is -0.117. The summed E-state index contributed by atoms with van der Waals surface area (Å²) in [6.07, 6.45) is 0. The van der Waals surface area contributed by atoms with E-state index in [1.807, 2.05) is 0 Å². The van der Waals surface area contributed by atoms with E-state index < -0.39 is 0 Å². The van der Waals surface area contributed by atoms with Crippen LogP contribution < -0.4 is 15.8 Å². The standard InChI is InChI=1S/C14H22N4O2/c1-17-5-7-18(8-6-17)10-14(19)16-13-4-3-11(20-2)9-12(13)15/h3-4,9H,5-8,10,15H2,1-2H3,(H,16,19). The molecule has 0 radical (unpaired) electrons. The maximum atomic E-state index is 12.0. The SMILES string of the molecule is COc1ccc(NC(=O)CN2CCN(C)CC2)c(N)c1. The Morgan fingerprint density at radius 2 is 2.05 bits per heavy atom. The van der Waals surface area contributed by atoms with Gasteiger partial charge in [0.1, 0.15) is 5.75 Å². The number of nitrogens with zero attached hydrogens (tertiary/aromatic N) is 2. The normalized spacial score (nSPS) is 16.9. The molecule has 1 saturated heterocycles. The van der Waals surface area contributed by atoms with E-state index in [0.717, 1.165) is 26.2 Å². The quantitative estimate of drug-likeness (QED) is 0.783. The number of anilines is 2. The van der Waals surface area contributed by atoms with E-state index in [9.17, 15) is 4.79 Å². The van der Waals surface area contributed by atoms with Crippen LogP contribution in [0.1, 0.15) is 0 Å². The predicted octanol–water partition coefficient (Wildman–Crippen LogP) is 0.463. The maximum absolute atomic E-state index is 12.0. The highest BCUT2D eigenvalue weighted by molar-refractivity contribution is 5.95. The summed E-state index contributed by atoms with van der Waals surface area (Å²) in [6, 6.07) is 5.24. The Morgan fingerprint density at radius 3 is 2.65 bits per heavy atom. The molecule has 3 N–H and O–H groups in total. The van der Waals surface area contributed by atoms with E-state index in [2.05, 4.69) is 22.2 Å². The fourth-order valence-corrected chi connectivity index (χ4v) is 2.18. The lowest BCUT2D eigenvalue weighted by atomic mass is 10.2. The first-order valence-electron chi connectivity index (χ1n) is 6.73. The number of ether oxygens (including phenoxy) is 1. The van der Waals surface area contributed by atoms with Crippen LogP contribution in [-0.2, 0) is 4.79 Å². The number of carbonyl (C=O) groups is 1. The molecule has 1 aromatic rings. The minimum atomic E-state index is -0.0357. The Hall–Kier alpha value is -1.79. The number of nitrogens with two attached hydrogens (primary N) is 1. The van der Waals surface area contributed by atoms with Gasteiger partial charge in [-0.25, -0.2) is 0 Å². The molecule has 0 aliphatic carbocycles. The van der Waals surface area contributed by atoms with Crippen molar-refractivity contribution in [1.29, 1.82) is 0 Å². The van der Waals surface area contributed by atoms with Crippen molar-refractivity contribution < 1.29 is 9.53 Å². The fourth-order valence-electron chi connectivity index (χ4n) is 2.18. The highest BCUT2D eigenvalue weighted by Crippen LogP contribution is 2.23. The van der Waals surface area contributed by atoms with Gasteiger partial charge in [-0.2, -0.15) is 0 Å². The van der Waals surface area contributed by atoms with Gasteiger partial charge in [0.15, 0.2) is 0 Å². The van der Waals surface area contributed by atoms with Crippen LogP contribution in [0.25, 0.3) is 0 Å². The number of nitrogen functional groups attached to an aromatic ring is 1. The van der Waals surface area contributed by atoms with Crippen LogP contribution in [0.2, 0.25) is 0 Å². The molecular formula is C14H22N4O2. The number of likely N-dealkylation sites (N-methyl/N-ethyl adjacent to an activating group) is 1. The van der Waals surface area contributed by atoms with Crippen molar-refractivity contribution in [3.8, 4) is 5.75 Å². The lowest BCUT2D eigenvalue weighted by Crippen LogP contribution is -2.47. The monoisotopic (exact) mass is 278 g/mol. The summed E-state index contributed by atoms with van der Waals surface area (Å²) in [5.74, 6) is 0.644. The highest BCUT2D eigenvalue weighted by Gasteiger charge is 2.16. The summed E-state index contributed by atoms with van der Waals surface area (Å²) in [6.45, 7) is 4.24. The zero-order valence-corrected chi connectivity index (χ0v) is 12.1. The van der Waals surface area contributed by atoms with Gasteiger partial charge in [-0.15, -0.1) is 0 Å². The minimum Gasteiger partial charge on any atom is -0.497 e. The second-order valence-corrected chi connectivity index (χ2v) is 5.08. The number of hydrogen-bond donors (Lipinski definition) is 2. The second-order valence-electron chi connectivity index (χ2n) is 5.08. The summed E-state index contributed by atoms with van der Waals surface area (Å²) in [5.41, 5.74) is 7.02. The third kappa shape index (κ3) is 3.85. The number of rotatable bonds is 4. The van der Waals surface area contributed by atoms with Crippen LogP contribution in [0.5, 0.6) is 5.75 Å². The average Bonchev–Trinajstić information content (AvgIpc) is 2.43. The largest absolute Gasteiger partial charge is 0.497 e. The van der Waals surface area contributed by atoms with Gasteiger partial charge in [0.25, 0.3) is 0 Å². The molecule has 1 amide bonds. The molecule has 110 valence electrons. The number of nitrogens with one attached hydrogen (secondary N) is 1. The molecule has 6 nitrogen and oxygen atoms in total. The predicted molar refractivity (Wildman–Crippen MR) is 80.0 cm³/mol. The number of amides is 1. The van der Waals surface area contributed by atoms with E-state index in [-0.39, 0.29) is 5.91 Å². The van der Waals surface area contributed by atoms with Crippen molar-refractivity contribution in [3.05, 3.63) is 18.2 Å². The lowest BCUT2D eigenvalue weighted by Gasteiger charge is -2.31. The zero-order valence-electron chi connectivity index (χ0n) is 12.1. The van der Waals surface area contributed by atoms with Crippen LogP contribution in [0.3, 0.4) is 0 Å². The van der Waals surface area contributed by atoms with Gasteiger partial charge < -0.3 is 20.7 Å². The van der Waals surface area contributed by atoms with Crippen LogP contribution in [0, 0.1) is 0 Å². The van der Waals surface area contributed by atoms with Gasteiger partial charge in [-0.1, -0.05) is 0 Å². The molecule has 1 aliphatic heterocycles. The first-order valence-corrected chi connectivity index (χ1v) is 6.73. The number of benzene rings is 1. The summed E-state index contributed by atoms with van der Waals surface area (Å²) >= 11 is 0. The Kier molecular flexibility index (Phi) is 4.81. The average molecular weight is 278 g/mol. The van der Waals surface area contributed by atoms with Crippen molar-refractivity contribution in [2.45, 2.75) is 0 Å². The summed E-state index contributed by atoms with van der Waals surface area (Å²) < 4.78 is 5.08. The van der Waals surface area contributed by atoms with Gasteiger partial charge in [-0.3, -0.25) is 9.69 Å². The van der Waals surface area contributed by atoms with Crippen molar-refractivity contribution in [3.63, 3.8) is 0 Å². The van der Waals surface area contributed by atoms with Crippen molar-refractivity contribution in [2.24, 2.45) is 0 Å². The molecular weight excluding hydrogens is 256 g/mol. The van der Waals surface area contributed by atoms with Gasteiger partial charge in [0.05, 0.1) is 25.0 Å². The van der Waals surface area contributed by atoms with Crippen molar-refractivity contribution in [2.75, 3.05) is 57.9 Å². The molecule has 1 fully saturated rings. The Bertz CT molecular complexity index is 470. The fraction of sp³-hybridized carbons (Fsp3) is 0.500. The van der Waals surface area contributed by atoms with Crippen molar-refractivity contribution >= 4 is 17.3 Å². The van der Waals surface area contributed by atoms with Crippen LogP contribution in [0.4, 0.5) is 11.4 Å². The van der Waals surface area contributed by atoms with Crippen molar-refractivity contribution in [1.82, 2.24) is 9.80 Å². The van der Waals surface area contributed by atoms with Crippen LogP contribution in [-0.4, -0.2) is 62.6 Å². The molecule has 20 heavy (non-hydrogen) atoms. The maximum Gasteiger partial charge on any atom is 0.238 e. The first kappa shape index (κ1) is 14.6. The minimum absolute atomic E-state index is 0.0357. The Labute approximate surface area is 119 Å². The van der Waals surface area contributed by atoms with Crippen LogP contribution >= 0.6 is 0 Å². The molecule has 0 spiro atoms. The topological polar surface area (TPSA) is 70.8 Å². The molecule has 0 atom stereocenters. The van der Waals surface area contributed by atoms with E-state index >= 15 is 0 Å². The van der Waals surface area contributed by atoms with Gasteiger partial charge >= 0.3 is 0 Å². The molecule has 6 heteroatoms.